The van der Waals surface area contributed by atoms with Gasteiger partial charge in [-0.1, -0.05) is 13.8 Å². The van der Waals surface area contributed by atoms with E-state index in [9.17, 15) is 14.7 Å². The number of esters is 2. The van der Waals surface area contributed by atoms with Crippen LogP contribution in [0.5, 0.6) is 0 Å². The molecule has 0 radical (unpaired) electrons. The predicted octanol–water partition coefficient (Wildman–Crippen LogP) is 3.13. The highest BCUT2D eigenvalue weighted by atomic mass is 16.6. The molecule has 2 saturated carbocycles. The number of carbonyl (C=O) groups is 2. The maximum Gasteiger partial charge on any atom is 0.303 e. The van der Waals surface area contributed by atoms with E-state index in [1.165, 1.54) is 13.8 Å². The van der Waals surface area contributed by atoms with Crippen molar-refractivity contribution >= 4 is 11.9 Å². The number of carbonyl (C=O) groups excluding carboxylic acids is 2. The Kier molecular flexibility index (Phi) is 4.83. The molecule has 8 heteroatoms. The van der Waals surface area contributed by atoms with Gasteiger partial charge in [0, 0.05) is 36.2 Å². The van der Waals surface area contributed by atoms with Crippen LogP contribution in [0, 0.1) is 22.7 Å². The normalized spacial score (nSPS) is 49.2. The third kappa shape index (κ3) is 2.72. The first kappa shape index (κ1) is 21.9. The fourth-order valence-electron chi connectivity index (χ4n) is 7.42. The fraction of sp³-hybridized carbons (Fsp3) is 0.750. The first-order valence-corrected chi connectivity index (χ1v) is 11.4. The second-order valence-corrected chi connectivity index (χ2v) is 10.4. The van der Waals surface area contributed by atoms with Gasteiger partial charge in [0.25, 0.3) is 0 Å². The van der Waals surface area contributed by atoms with E-state index in [0.717, 1.165) is 18.4 Å². The van der Waals surface area contributed by atoms with Crippen molar-refractivity contribution in [1.82, 2.24) is 0 Å². The SMILES string of the molecule is CC(=O)O[C@H]1[C@@H](OC(C)=O)[C@@]2(C)[C@@H](CC[C@@H]3O[C@@]32C)[C@@]2(C[C@@H](c3ccoc3)O[C@H]2O)[C@H]1C. The van der Waals surface area contributed by atoms with Crippen LogP contribution in [0.15, 0.2) is 23.0 Å². The number of aliphatic hydroxyl groups is 1. The molecule has 8 nitrogen and oxygen atoms in total. The summed E-state index contributed by atoms with van der Waals surface area (Å²) in [6.45, 7) is 8.80. The number of rotatable bonds is 3. The number of ether oxygens (including phenoxy) is 4. The van der Waals surface area contributed by atoms with Crippen LogP contribution < -0.4 is 0 Å². The van der Waals surface area contributed by atoms with Gasteiger partial charge in [-0.05, 0) is 38.2 Å². The Morgan fingerprint density at radius 3 is 2.50 bits per heavy atom. The van der Waals surface area contributed by atoms with E-state index in [4.69, 9.17) is 23.4 Å². The van der Waals surface area contributed by atoms with Gasteiger partial charge in [0.2, 0.25) is 0 Å². The third-order valence-corrected chi connectivity index (χ3v) is 9.14. The zero-order valence-electron chi connectivity index (χ0n) is 19.2. The maximum atomic E-state index is 12.2. The van der Waals surface area contributed by atoms with E-state index >= 15 is 0 Å². The van der Waals surface area contributed by atoms with Crippen molar-refractivity contribution in [3.63, 3.8) is 0 Å². The Labute approximate surface area is 187 Å². The van der Waals surface area contributed by atoms with Crippen molar-refractivity contribution in [2.24, 2.45) is 22.7 Å². The van der Waals surface area contributed by atoms with Gasteiger partial charge in [0.1, 0.15) is 17.8 Å². The zero-order chi connectivity index (χ0) is 23.1. The van der Waals surface area contributed by atoms with Crippen LogP contribution in [0.2, 0.25) is 0 Å². The average molecular weight is 449 g/mol. The molecule has 1 aromatic heterocycles. The molecule has 2 aliphatic carbocycles. The predicted molar refractivity (Wildman–Crippen MR) is 110 cm³/mol. The van der Waals surface area contributed by atoms with Crippen LogP contribution in [0.25, 0.3) is 0 Å². The molecule has 1 spiro atoms. The van der Waals surface area contributed by atoms with Gasteiger partial charge >= 0.3 is 11.9 Å². The highest BCUT2D eigenvalue weighted by Crippen LogP contribution is 2.73. The van der Waals surface area contributed by atoms with Gasteiger partial charge in [-0.15, -0.1) is 0 Å². The molecule has 2 aliphatic heterocycles. The lowest BCUT2D eigenvalue weighted by molar-refractivity contribution is -0.278. The molecular weight excluding hydrogens is 416 g/mol. The summed E-state index contributed by atoms with van der Waals surface area (Å²) in [5, 5.41) is 11.5. The molecule has 3 heterocycles. The molecule has 0 amide bonds. The Morgan fingerprint density at radius 1 is 1.16 bits per heavy atom. The molecule has 176 valence electrons. The number of epoxide rings is 1. The second kappa shape index (κ2) is 7.05. The number of hydrogen-bond acceptors (Lipinski definition) is 8. The van der Waals surface area contributed by atoms with E-state index in [1.807, 2.05) is 19.9 Å². The quantitative estimate of drug-likeness (QED) is 0.555. The highest BCUT2D eigenvalue weighted by molar-refractivity contribution is 5.67. The summed E-state index contributed by atoms with van der Waals surface area (Å²) in [6.07, 6.45) is 2.63. The molecule has 0 unspecified atom stereocenters. The molecule has 10 atom stereocenters. The van der Waals surface area contributed by atoms with E-state index in [1.54, 1.807) is 12.5 Å². The van der Waals surface area contributed by atoms with E-state index in [-0.39, 0.29) is 24.0 Å². The number of hydrogen-bond donors (Lipinski definition) is 1. The molecule has 1 N–H and O–H groups in total. The molecular formula is C24H32O8. The number of furan rings is 1. The van der Waals surface area contributed by atoms with E-state index in [0.29, 0.717) is 6.42 Å². The zero-order valence-corrected chi connectivity index (χ0v) is 19.2. The number of aliphatic hydroxyl groups excluding tert-OH is 1. The molecule has 4 fully saturated rings. The Bertz CT molecular complexity index is 913. The summed E-state index contributed by atoms with van der Waals surface area (Å²) in [4.78, 5) is 24.3. The van der Waals surface area contributed by atoms with Crippen molar-refractivity contribution in [3.05, 3.63) is 24.2 Å². The standard InChI is InChI=1S/C24H32O8/c1-12-19(29-13(2)25)20(30-14(3)26)22(4)17(6-7-18-23(22,5)32-18)24(12)10-16(31-21(24)27)15-8-9-28-11-15/h8-9,11-12,16-21,27H,6-7,10H2,1-5H3/t12-,16-,17+,18-,19+,20+,21+,22+,23-,24+/m0/s1. The van der Waals surface area contributed by atoms with Crippen LogP contribution in [0.1, 0.15) is 65.5 Å². The molecule has 32 heavy (non-hydrogen) atoms. The lowest BCUT2D eigenvalue weighted by Crippen LogP contribution is -2.71. The Morgan fingerprint density at radius 2 is 1.88 bits per heavy atom. The van der Waals surface area contributed by atoms with Gasteiger partial charge in [0.15, 0.2) is 6.29 Å². The first-order valence-electron chi connectivity index (χ1n) is 11.4. The smallest absolute Gasteiger partial charge is 0.303 e. The Balaban J connectivity index is 1.65. The second-order valence-electron chi connectivity index (χ2n) is 10.4. The lowest BCUT2D eigenvalue weighted by atomic mass is 9.42. The molecule has 4 aliphatic rings. The van der Waals surface area contributed by atoms with Crippen LogP contribution in [0.3, 0.4) is 0 Å². The third-order valence-electron chi connectivity index (χ3n) is 9.14. The summed E-state index contributed by atoms with van der Waals surface area (Å²) >= 11 is 0. The highest BCUT2D eigenvalue weighted by Gasteiger charge is 2.80. The Hall–Kier alpha value is -1.90. The lowest BCUT2D eigenvalue weighted by Gasteiger charge is -2.63. The summed E-state index contributed by atoms with van der Waals surface area (Å²) in [7, 11) is 0. The minimum atomic E-state index is -1.07. The van der Waals surface area contributed by atoms with Crippen LogP contribution in [-0.4, -0.2) is 47.2 Å². The monoisotopic (exact) mass is 448 g/mol. The van der Waals surface area contributed by atoms with Crippen LogP contribution in [-0.2, 0) is 28.5 Å². The van der Waals surface area contributed by atoms with Gasteiger partial charge in [0.05, 0.1) is 24.7 Å². The fourth-order valence-corrected chi connectivity index (χ4v) is 7.42. The van der Waals surface area contributed by atoms with E-state index < -0.39 is 46.9 Å². The summed E-state index contributed by atoms with van der Waals surface area (Å²) in [6, 6.07) is 1.84. The molecule has 5 rings (SSSR count). The largest absolute Gasteiger partial charge is 0.472 e. The number of fused-ring (bicyclic) bond motifs is 4. The van der Waals surface area contributed by atoms with Gasteiger partial charge in [-0.3, -0.25) is 9.59 Å². The van der Waals surface area contributed by atoms with Gasteiger partial charge < -0.3 is 28.5 Å². The minimum absolute atomic E-state index is 0.0503. The van der Waals surface area contributed by atoms with Gasteiger partial charge in [-0.2, -0.15) is 0 Å². The van der Waals surface area contributed by atoms with Crippen molar-refractivity contribution in [2.75, 3.05) is 0 Å². The van der Waals surface area contributed by atoms with E-state index in [2.05, 4.69) is 6.92 Å². The van der Waals surface area contributed by atoms with Crippen LogP contribution >= 0.6 is 0 Å². The van der Waals surface area contributed by atoms with Crippen molar-refractivity contribution in [3.8, 4) is 0 Å². The van der Waals surface area contributed by atoms with Crippen LogP contribution in [0.4, 0.5) is 0 Å². The summed E-state index contributed by atoms with van der Waals surface area (Å²) in [5.74, 6) is -1.28. The average Bonchev–Trinajstić information content (AvgIpc) is 3.06. The molecule has 0 aromatic carbocycles. The molecule has 0 bridgehead atoms. The summed E-state index contributed by atoms with van der Waals surface area (Å²) in [5.41, 5.74) is -1.07. The maximum absolute atomic E-state index is 12.2. The first-order chi connectivity index (χ1) is 15.1. The topological polar surface area (TPSA) is 108 Å². The van der Waals surface area contributed by atoms with Crippen molar-refractivity contribution in [1.29, 1.82) is 0 Å². The molecule has 1 aromatic rings. The minimum Gasteiger partial charge on any atom is -0.472 e. The van der Waals surface area contributed by atoms with Gasteiger partial charge in [-0.25, -0.2) is 0 Å². The van der Waals surface area contributed by atoms with Crippen molar-refractivity contribution in [2.45, 2.75) is 90.2 Å². The van der Waals surface area contributed by atoms with Crippen molar-refractivity contribution < 1.29 is 38.1 Å². The summed E-state index contributed by atoms with van der Waals surface area (Å²) < 4.78 is 29.3. The molecule has 2 saturated heterocycles.